The lowest BCUT2D eigenvalue weighted by atomic mass is 10.0. The molecule has 0 aromatic carbocycles. The van der Waals surface area contributed by atoms with Crippen LogP contribution in [0, 0.1) is 11.8 Å². The van der Waals surface area contributed by atoms with Gasteiger partial charge in [-0.1, -0.05) is 259 Å². The molecule has 1 atom stereocenters. The highest BCUT2D eigenvalue weighted by molar-refractivity contribution is 5.71. The second-order valence-electron chi connectivity index (χ2n) is 19.5. The zero-order valence-corrected chi connectivity index (χ0v) is 41.1. The van der Waals surface area contributed by atoms with Gasteiger partial charge in [0.2, 0.25) is 0 Å². The molecule has 0 aliphatic heterocycles. The van der Waals surface area contributed by atoms with Gasteiger partial charge in [0.25, 0.3) is 0 Å². The Morgan fingerprint density at radius 1 is 0.317 bits per heavy atom. The van der Waals surface area contributed by atoms with Gasteiger partial charge < -0.3 is 14.2 Å². The van der Waals surface area contributed by atoms with E-state index < -0.39 is 6.10 Å². The van der Waals surface area contributed by atoms with Crippen molar-refractivity contribution in [3.05, 3.63) is 0 Å². The van der Waals surface area contributed by atoms with Gasteiger partial charge in [0.05, 0.1) is 0 Å². The van der Waals surface area contributed by atoms with Crippen molar-refractivity contribution in [1.29, 1.82) is 0 Å². The molecular formula is C54H104O6. The third-order valence-electron chi connectivity index (χ3n) is 12.2. The third-order valence-corrected chi connectivity index (χ3v) is 12.2. The Morgan fingerprint density at radius 3 is 0.817 bits per heavy atom. The van der Waals surface area contributed by atoms with Gasteiger partial charge >= 0.3 is 17.9 Å². The lowest BCUT2D eigenvalue weighted by molar-refractivity contribution is -0.167. The van der Waals surface area contributed by atoms with Crippen molar-refractivity contribution in [2.45, 2.75) is 304 Å². The van der Waals surface area contributed by atoms with Crippen molar-refractivity contribution in [3.63, 3.8) is 0 Å². The maximum absolute atomic E-state index is 12.8. The van der Waals surface area contributed by atoms with Gasteiger partial charge in [-0.25, -0.2) is 0 Å². The van der Waals surface area contributed by atoms with E-state index in [-0.39, 0.29) is 31.1 Å². The molecule has 0 aromatic rings. The van der Waals surface area contributed by atoms with Crippen LogP contribution >= 0.6 is 0 Å². The maximum Gasteiger partial charge on any atom is 0.306 e. The lowest BCUT2D eigenvalue weighted by Gasteiger charge is -2.18. The highest BCUT2D eigenvalue weighted by Gasteiger charge is 2.19. The minimum Gasteiger partial charge on any atom is -0.462 e. The Hall–Kier alpha value is -1.59. The van der Waals surface area contributed by atoms with Gasteiger partial charge in [-0.05, 0) is 31.1 Å². The van der Waals surface area contributed by atoms with E-state index in [0.29, 0.717) is 19.3 Å². The summed E-state index contributed by atoms with van der Waals surface area (Å²) in [7, 11) is 0. The van der Waals surface area contributed by atoms with E-state index in [0.717, 1.165) is 69.6 Å². The number of carbonyl (C=O) groups excluding carboxylic acids is 3. The number of carbonyl (C=O) groups is 3. The number of rotatable bonds is 48. The first-order chi connectivity index (χ1) is 29.2. The zero-order valence-electron chi connectivity index (χ0n) is 41.1. The summed E-state index contributed by atoms with van der Waals surface area (Å²) in [5.74, 6) is 0.806. The smallest absolute Gasteiger partial charge is 0.306 e. The van der Waals surface area contributed by atoms with Gasteiger partial charge in [-0.3, -0.25) is 14.4 Å². The van der Waals surface area contributed by atoms with E-state index in [2.05, 4.69) is 34.6 Å². The van der Waals surface area contributed by atoms with E-state index >= 15 is 0 Å². The van der Waals surface area contributed by atoms with E-state index in [1.165, 1.54) is 186 Å². The Kier molecular flexibility index (Phi) is 45.7. The summed E-state index contributed by atoms with van der Waals surface area (Å²) >= 11 is 0. The fraction of sp³-hybridized carbons (Fsp3) is 0.944. The van der Waals surface area contributed by atoms with Crippen molar-refractivity contribution < 1.29 is 28.6 Å². The van der Waals surface area contributed by atoms with Crippen LogP contribution in [-0.2, 0) is 28.6 Å². The largest absolute Gasteiger partial charge is 0.462 e. The van der Waals surface area contributed by atoms with Crippen molar-refractivity contribution in [3.8, 4) is 0 Å². The minimum absolute atomic E-state index is 0.0634. The third kappa shape index (κ3) is 47.5. The predicted octanol–water partition coefficient (Wildman–Crippen LogP) is 17.3. The average molecular weight is 849 g/mol. The predicted molar refractivity (Wildman–Crippen MR) is 256 cm³/mol. The SMILES string of the molecule is CCCCCCCCCCCCCCCC(=O)OC[C@@H](COC(=O)CCCCCCCCCCCC(C)C)OC(=O)CCCCCCCCCCCCCCCCC(C)C. The van der Waals surface area contributed by atoms with E-state index in [9.17, 15) is 14.4 Å². The summed E-state index contributed by atoms with van der Waals surface area (Å²) in [6, 6.07) is 0. The summed E-state index contributed by atoms with van der Waals surface area (Å²) in [4.78, 5) is 38.0. The molecule has 0 heterocycles. The molecule has 6 heteroatoms. The lowest BCUT2D eigenvalue weighted by Crippen LogP contribution is -2.30. The standard InChI is InChI=1S/C54H104O6/c1-6-7-8-9-10-11-12-15-19-24-29-34-39-44-52(55)58-47-51(48-59-53(56)45-40-35-30-26-21-23-28-33-38-43-50(4)5)60-54(57)46-41-36-31-25-20-17-14-13-16-18-22-27-32-37-42-49(2)3/h49-51H,6-48H2,1-5H3/t51-/m0/s1. The Bertz CT molecular complexity index is 916. The molecule has 6 nitrogen and oxygen atoms in total. The van der Waals surface area contributed by atoms with E-state index in [1.807, 2.05) is 0 Å². The van der Waals surface area contributed by atoms with E-state index in [4.69, 9.17) is 14.2 Å². The summed E-state index contributed by atoms with van der Waals surface area (Å²) < 4.78 is 16.8. The zero-order chi connectivity index (χ0) is 44.0. The van der Waals surface area contributed by atoms with Crippen molar-refractivity contribution in [1.82, 2.24) is 0 Å². The van der Waals surface area contributed by atoms with Crippen LogP contribution in [-0.4, -0.2) is 37.2 Å². The van der Waals surface area contributed by atoms with Gasteiger partial charge in [-0.15, -0.1) is 0 Å². The topological polar surface area (TPSA) is 78.9 Å². The first-order valence-corrected chi connectivity index (χ1v) is 26.7. The quantitative estimate of drug-likeness (QED) is 0.0345. The molecule has 0 aromatic heterocycles. The van der Waals surface area contributed by atoms with Gasteiger partial charge in [0.1, 0.15) is 13.2 Å². The summed E-state index contributed by atoms with van der Waals surface area (Å²) in [5.41, 5.74) is 0. The van der Waals surface area contributed by atoms with Crippen LogP contribution < -0.4 is 0 Å². The highest BCUT2D eigenvalue weighted by Crippen LogP contribution is 2.17. The number of ether oxygens (including phenoxy) is 3. The Morgan fingerprint density at radius 2 is 0.550 bits per heavy atom. The first kappa shape index (κ1) is 58.4. The molecule has 0 fully saturated rings. The van der Waals surface area contributed by atoms with Crippen LogP contribution in [0.25, 0.3) is 0 Å². The summed E-state index contributed by atoms with van der Waals surface area (Å²) in [6.45, 7) is 11.4. The molecule has 0 spiro atoms. The number of esters is 3. The molecule has 0 saturated heterocycles. The van der Waals surface area contributed by atoms with Crippen LogP contribution in [0.5, 0.6) is 0 Å². The summed E-state index contributed by atoms with van der Waals surface area (Å²) in [6.07, 6.45) is 48.0. The first-order valence-electron chi connectivity index (χ1n) is 26.7. The Balaban J connectivity index is 4.30. The van der Waals surface area contributed by atoms with Gasteiger partial charge in [0.15, 0.2) is 6.10 Å². The van der Waals surface area contributed by atoms with Gasteiger partial charge in [0, 0.05) is 19.3 Å². The molecule has 0 N–H and O–H groups in total. The van der Waals surface area contributed by atoms with Crippen LogP contribution in [0.15, 0.2) is 0 Å². The number of hydrogen-bond donors (Lipinski definition) is 0. The van der Waals surface area contributed by atoms with Crippen molar-refractivity contribution in [2.75, 3.05) is 13.2 Å². The fourth-order valence-corrected chi connectivity index (χ4v) is 8.17. The number of unbranched alkanes of at least 4 members (excludes halogenated alkanes) is 33. The van der Waals surface area contributed by atoms with Gasteiger partial charge in [-0.2, -0.15) is 0 Å². The molecule has 356 valence electrons. The molecule has 60 heavy (non-hydrogen) atoms. The Labute approximate surface area is 374 Å². The normalized spacial score (nSPS) is 12.1. The molecule has 0 radical (unpaired) electrons. The molecule has 0 saturated carbocycles. The van der Waals surface area contributed by atoms with Crippen LogP contribution in [0.2, 0.25) is 0 Å². The monoisotopic (exact) mass is 849 g/mol. The summed E-state index contributed by atoms with van der Waals surface area (Å²) in [5, 5.41) is 0. The molecule has 0 aliphatic carbocycles. The number of hydrogen-bond acceptors (Lipinski definition) is 6. The molecular weight excluding hydrogens is 745 g/mol. The van der Waals surface area contributed by atoms with Crippen molar-refractivity contribution >= 4 is 17.9 Å². The molecule has 0 amide bonds. The van der Waals surface area contributed by atoms with Crippen LogP contribution in [0.1, 0.15) is 298 Å². The van der Waals surface area contributed by atoms with Crippen molar-refractivity contribution in [2.24, 2.45) is 11.8 Å². The minimum atomic E-state index is -0.762. The maximum atomic E-state index is 12.8. The second kappa shape index (κ2) is 46.9. The second-order valence-corrected chi connectivity index (χ2v) is 19.5. The molecule has 0 bridgehead atoms. The fourth-order valence-electron chi connectivity index (χ4n) is 8.17. The molecule has 0 rings (SSSR count). The average Bonchev–Trinajstić information content (AvgIpc) is 3.22. The molecule has 0 aliphatic rings. The van der Waals surface area contributed by atoms with E-state index in [1.54, 1.807) is 0 Å². The highest BCUT2D eigenvalue weighted by atomic mass is 16.6. The molecule has 0 unspecified atom stereocenters. The van der Waals surface area contributed by atoms with Crippen LogP contribution in [0.3, 0.4) is 0 Å². The van der Waals surface area contributed by atoms with Crippen LogP contribution in [0.4, 0.5) is 0 Å².